The van der Waals surface area contributed by atoms with Crippen molar-refractivity contribution in [3.8, 4) is 0 Å². The van der Waals surface area contributed by atoms with E-state index in [0.29, 0.717) is 37.0 Å². The molecule has 6 rings (SSSR count). The van der Waals surface area contributed by atoms with Crippen LogP contribution in [0.4, 0.5) is 0 Å². The lowest BCUT2D eigenvalue weighted by molar-refractivity contribution is -0.680. The average Bonchev–Trinajstić information content (AvgIpc) is 2.63. The molecule has 5 aliphatic carbocycles. The fraction of sp³-hybridized carbons (Fsp3) is 0.944. The topological polar surface area (TPSA) is 92.0 Å². The van der Waals surface area contributed by atoms with Gasteiger partial charge < -0.3 is 0 Å². The van der Waals surface area contributed by atoms with Crippen molar-refractivity contribution >= 4 is 5.91 Å². The second kappa shape index (κ2) is 5.89. The van der Waals surface area contributed by atoms with Gasteiger partial charge >= 0.3 is 0 Å². The second-order valence-corrected chi connectivity index (χ2v) is 8.98. The van der Waals surface area contributed by atoms with Gasteiger partial charge in [-0.15, -0.1) is 0 Å². The van der Waals surface area contributed by atoms with Crippen LogP contribution in [0, 0.1) is 29.6 Å². The van der Waals surface area contributed by atoms with Gasteiger partial charge in [0.15, 0.2) is 0 Å². The lowest BCUT2D eigenvalue weighted by Crippen LogP contribution is -2.64. The van der Waals surface area contributed by atoms with E-state index >= 15 is 0 Å². The van der Waals surface area contributed by atoms with Crippen LogP contribution in [0.1, 0.15) is 64.2 Å². The average molecular weight is 352 g/mol. The minimum atomic E-state index is -0.810. The summed E-state index contributed by atoms with van der Waals surface area (Å²) < 4.78 is 0. The summed E-state index contributed by atoms with van der Waals surface area (Å²) in [6.45, 7) is 0. The highest BCUT2D eigenvalue weighted by atomic mass is 17.4. The van der Waals surface area contributed by atoms with Crippen LogP contribution >= 0.6 is 0 Å². The van der Waals surface area contributed by atoms with Crippen molar-refractivity contribution in [1.29, 1.82) is 0 Å². The van der Waals surface area contributed by atoms with Gasteiger partial charge in [0.2, 0.25) is 17.5 Å². The molecule has 0 aromatic heterocycles. The maximum absolute atomic E-state index is 11.4. The van der Waals surface area contributed by atoms with E-state index in [1.165, 1.54) is 32.1 Å². The van der Waals surface area contributed by atoms with Crippen LogP contribution in [0.15, 0.2) is 0 Å². The summed E-state index contributed by atoms with van der Waals surface area (Å²) in [4.78, 5) is 35.3. The molecule has 140 valence electrons. The molecular formula is C18H28N2O5. The van der Waals surface area contributed by atoms with Crippen molar-refractivity contribution < 1.29 is 24.3 Å². The van der Waals surface area contributed by atoms with E-state index in [-0.39, 0.29) is 5.91 Å². The van der Waals surface area contributed by atoms with Gasteiger partial charge in [0.05, 0.1) is 0 Å². The molecule has 2 spiro atoms. The van der Waals surface area contributed by atoms with Crippen LogP contribution in [-0.2, 0) is 24.3 Å². The fourth-order valence-electron chi connectivity index (χ4n) is 6.23. The molecule has 0 aromatic rings. The molecule has 5 saturated carbocycles. The Balaban J connectivity index is 1.22. The first-order chi connectivity index (χ1) is 12.1. The van der Waals surface area contributed by atoms with Crippen LogP contribution < -0.4 is 11.3 Å². The Kier molecular flexibility index (Phi) is 3.87. The molecule has 0 radical (unpaired) electrons. The highest BCUT2D eigenvalue weighted by Gasteiger charge is 2.64. The SMILES string of the molecule is NNC(=O)CC1CCC2(CC1)OOC1(OO2)C2CC3CC(C2)CC1C3. The summed E-state index contributed by atoms with van der Waals surface area (Å²) in [5.41, 5.74) is 2.20. The van der Waals surface area contributed by atoms with Crippen molar-refractivity contribution in [3.63, 3.8) is 0 Å². The van der Waals surface area contributed by atoms with E-state index in [2.05, 4.69) is 5.43 Å². The summed E-state index contributed by atoms with van der Waals surface area (Å²) in [5.74, 6) is 6.32. The maximum atomic E-state index is 11.4. The summed E-state index contributed by atoms with van der Waals surface area (Å²) >= 11 is 0. The van der Waals surface area contributed by atoms with Gasteiger partial charge in [-0.25, -0.2) is 5.84 Å². The van der Waals surface area contributed by atoms with Gasteiger partial charge in [-0.1, -0.05) is 0 Å². The Morgan fingerprint density at radius 2 is 1.48 bits per heavy atom. The predicted molar refractivity (Wildman–Crippen MR) is 85.8 cm³/mol. The van der Waals surface area contributed by atoms with Crippen molar-refractivity contribution in [2.24, 2.45) is 35.4 Å². The van der Waals surface area contributed by atoms with E-state index in [1.807, 2.05) is 0 Å². The molecule has 0 aromatic carbocycles. The van der Waals surface area contributed by atoms with Gasteiger partial charge in [-0.2, -0.15) is 19.6 Å². The quantitative estimate of drug-likeness (QED) is 0.343. The zero-order valence-electron chi connectivity index (χ0n) is 14.6. The van der Waals surface area contributed by atoms with Crippen molar-refractivity contribution in [1.82, 2.24) is 5.43 Å². The number of hydrogen-bond donors (Lipinski definition) is 2. The van der Waals surface area contributed by atoms with Gasteiger partial charge in [0, 0.05) is 31.1 Å². The number of hydrogen-bond acceptors (Lipinski definition) is 6. The highest BCUT2D eigenvalue weighted by molar-refractivity contribution is 5.75. The lowest BCUT2D eigenvalue weighted by atomic mass is 9.53. The third-order valence-electron chi connectivity index (χ3n) is 7.43. The van der Waals surface area contributed by atoms with E-state index in [4.69, 9.17) is 25.4 Å². The lowest BCUT2D eigenvalue weighted by Gasteiger charge is -2.60. The molecule has 4 bridgehead atoms. The molecule has 0 atom stereocenters. The zero-order chi connectivity index (χ0) is 17.1. The molecule has 25 heavy (non-hydrogen) atoms. The molecule has 7 heteroatoms. The molecule has 6 fully saturated rings. The number of carbonyl (C=O) groups excluding carboxylic acids is 1. The van der Waals surface area contributed by atoms with Crippen LogP contribution in [0.5, 0.6) is 0 Å². The standard InChI is InChI=1S/C18H28N2O5/c19-20-16(21)10-11-1-3-17(4-2-11)22-24-18(25-23-17)14-6-12-5-13(8-14)9-15(18)7-12/h11-15H,1-10,19H2,(H,20,21). The summed E-state index contributed by atoms with van der Waals surface area (Å²) in [6, 6.07) is 0. The van der Waals surface area contributed by atoms with Crippen molar-refractivity contribution in [2.45, 2.75) is 75.8 Å². The van der Waals surface area contributed by atoms with E-state index in [9.17, 15) is 4.79 Å². The van der Waals surface area contributed by atoms with Gasteiger partial charge in [0.1, 0.15) is 0 Å². The van der Waals surface area contributed by atoms with Crippen LogP contribution in [-0.4, -0.2) is 17.5 Å². The van der Waals surface area contributed by atoms with E-state index < -0.39 is 11.6 Å². The van der Waals surface area contributed by atoms with Crippen molar-refractivity contribution in [3.05, 3.63) is 0 Å². The largest absolute Gasteiger partial charge is 0.294 e. The minimum absolute atomic E-state index is 0.119. The predicted octanol–water partition coefficient (Wildman–Crippen LogP) is 2.32. The van der Waals surface area contributed by atoms with Crippen molar-refractivity contribution in [2.75, 3.05) is 0 Å². The summed E-state index contributed by atoms with van der Waals surface area (Å²) in [7, 11) is 0. The molecule has 7 nitrogen and oxygen atoms in total. The van der Waals surface area contributed by atoms with Gasteiger partial charge in [-0.05, 0) is 62.7 Å². The number of hydrazine groups is 1. The Morgan fingerprint density at radius 3 is 2.00 bits per heavy atom. The monoisotopic (exact) mass is 352 g/mol. The Labute approximate surface area is 147 Å². The molecule has 1 amide bonds. The number of rotatable bonds is 2. The molecule has 6 aliphatic rings. The molecule has 1 aliphatic heterocycles. The first kappa shape index (κ1) is 16.4. The second-order valence-electron chi connectivity index (χ2n) is 8.98. The number of nitrogens with one attached hydrogen (secondary N) is 1. The summed E-state index contributed by atoms with van der Waals surface area (Å²) in [6.07, 6.45) is 9.53. The van der Waals surface area contributed by atoms with Gasteiger partial charge in [0.25, 0.3) is 0 Å². The normalized spacial score (nSPS) is 51.2. The third-order valence-corrected chi connectivity index (χ3v) is 7.43. The Morgan fingerprint density at radius 1 is 0.920 bits per heavy atom. The van der Waals surface area contributed by atoms with E-state index in [0.717, 1.165) is 24.7 Å². The van der Waals surface area contributed by atoms with Crippen LogP contribution in [0.25, 0.3) is 0 Å². The van der Waals surface area contributed by atoms with E-state index in [1.54, 1.807) is 0 Å². The van der Waals surface area contributed by atoms with Crippen LogP contribution in [0.2, 0.25) is 0 Å². The number of amides is 1. The smallest absolute Gasteiger partial charge is 0.239 e. The molecule has 3 N–H and O–H groups in total. The molecule has 0 unspecified atom stereocenters. The maximum Gasteiger partial charge on any atom is 0.239 e. The van der Waals surface area contributed by atoms with Gasteiger partial charge in [-0.3, -0.25) is 10.2 Å². The fourth-order valence-corrected chi connectivity index (χ4v) is 6.23. The molecular weight excluding hydrogens is 324 g/mol. The molecule has 1 saturated heterocycles. The molecule has 1 heterocycles. The number of nitrogens with two attached hydrogens (primary N) is 1. The Bertz CT molecular complexity index is 506. The third kappa shape index (κ3) is 2.63. The summed E-state index contributed by atoms with van der Waals surface area (Å²) in [5, 5.41) is 0. The minimum Gasteiger partial charge on any atom is -0.294 e. The number of carbonyl (C=O) groups is 1. The zero-order valence-corrected chi connectivity index (χ0v) is 14.6. The highest BCUT2D eigenvalue weighted by Crippen LogP contribution is 2.61. The van der Waals surface area contributed by atoms with Crippen LogP contribution in [0.3, 0.4) is 0 Å². The first-order valence-corrected chi connectivity index (χ1v) is 9.84. The first-order valence-electron chi connectivity index (χ1n) is 9.84. The Hall–Kier alpha value is -0.730.